The van der Waals surface area contributed by atoms with E-state index in [1.165, 1.54) is 32.1 Å². The lowest BCUT2D eigenvalue weighted by molar-refractivity contribution is -0.127. The number of amides is 2. The van der Waals surface area contributed by atoms with Gasteiger partial charge in [0, 0.05) is 18.5 Å². The lowest BCUT2D eigenvalue weighted by atomic mass is 9.83. The highest BCUT2D eigenvalue weighted by atomic mass is 16.2. The molecule has 2 amide bonds. The van der Waals surface area contributed by atoms with Crippen molar-refractivity contribution >= 4 is 11.8 Å². The van der Waals surface area contributed by atoms with E-state index in [0.29, 0.717) is 24.9 Å². The SMILES string of the molecule is O=C(N[C@]1(Cc2ccccc2)CCCCCCCCCCCNC1=O)c1ccccc1. The van der Waals surface area contributed by atoms with Gasteiger partial charge in [-0.2, -0.15) is 0 Å². The molecular weight excluding hydrogens is 384 g/mol. The maximum atomic E-state index is 13.6. The van der Waals surface area contributed by atoms with E-state index in [-0.39, 0.29) is 11.8 Å². The molecule has 2 aromatic carbocycles. The summed E-state index contributed by atoms with van der Waals surface area (Å²) in [5.41, 5.74) is 0.701. The third-order valence-electron chi connectivity index (χ3n) is 6.24. The van der Waals surface area contributed by atoms with Gasteiger partial charge in [-0.25, -0.2) is 0 Å². The summed E-state index contributed by atoms with van der Waals surface area (Å²) in [4.78, 5) is 26.7. The fourth-order valence-electron chi connectivity index (χ4n) is 4.43. The molecule has 0 saturated carbocycles. The molecule has 1 atom stereocenters. The largest absolute Gasteiger partial charge is 0.354 e. The van der Waals surface area contributed by atoms with Gasteiger partial charge in [-0.3, -0.25) is 9.59 Å². The summed E-state index contributed by atoms with van der Waals surface area (Å²) in [5, 5.41) is 6.33. The molecule has 4 nitrogen and oxygen atoms in total. The lowest BCUT2D eigenvalue weighted by Crippen LogP contribution is -2.60. The second-order valence-corrected chi connectivity index (χ2v) is 8.75. The number of carbonyl (C=O) groups is 2. The molecule has 0 bridgehead atoms. The highest BCUT2D eigenvalue weighted by molar-refractivity contribution is 5.99. The first-order valence-electron chi connectivity index (χ1n) is 11.9. The fraction of sp³-hybridized carbons (Fsp3) is 0.481. The van der Waals surface area contributed by atoms with E-state index in [1.54, 1.807) is 12.1 Å². The third-order valence-corrected chi connectivity index (χ3v) is 6.24. The van der Waals surface area contributed by atoms with Crippen LogP contribution in [-0.4, -0.2) is 23.9 Å². The van der Waals surface area contributed by atoms with E-state index in [1.807, 2.05) is 48.5 Å². The summed E-state index contributed by atoms with van der Waals surface area (Å²) in [6.45, 7) is 0.663. The summed E-state index contributed by atoms with van der Waals surface area (Å²) in [5.74, 6) is -0.245. The first kappa shape index (κ1) is 23.1. The summed E-state index contributed by atoms with van der Waals surface area (Å²) in [7, 11) is 0. The minimum atomic E-state index is -0.946. The number of hydrogen-bond acceptors (Lipinski definition) is 2. The van der Waals surface area contributed by atoms with E-state index in [2.05, 4.69) is 10.6 Å². The summed E-state index contributed by atoms with van der Waals surface area (Å²) in [6, 6.07) is 19.2. The topological polar surface area (TPSA) is 58.2 Å². The zero-order valence-electron chi connectivity index (χ0n) is 18.6. The van der Waals surface area contributed by atoms with Crippen molar-refractivity contribution in [2.45, 2.75) is 76.2 Å². The Labute approximate surface area is 186 Å². The van der Waals surface area contributed by atoms with E-state index in [0.717, 1.165) is 31.2 Å². The Hall–Kier alpha value is -2.62. The molecule has 0 radical (unpaired) electrons. The zero-order chi connectivity index (χ0) is 21.8. The molecule has 0 spiro atoms. The van der Waals surface area contributed by atoms with Crippen molar-refractivity contribution < 1.29 is 9.59 Å². The van der Waals surface area contributed by atoms with Crippen molar-refractivity contribution in [1.82, 2.24) is 10.6 Å². The molecule has 31 heavy (non-hydrogen) atoms. The zero-order valence-corrected chi connectivity index (χ0v) is 18.6. The Kier molecular flexibility index (Phi) is 9.14. The first-order chi connectivity index (χ1) is 15.2. The Morgan fingerprint density at radius 3 is 1.97 bits per heavy atom. The first-order valence-corrected chi connectivity index (χ1v) is 11.9. The molecular formula is C27H36N2O2. The highest BCUT2D eigenvalue weighted by Crippen LogP contribution is 2.24. The molecule has 0 unspecified atom stereocenters. The molecule has 1 heterocycles. The standard InChI is InChI=1S/C27H36N2O2/c30-25(24-18-12-9-13-19-24)29-27(22-23-16-10-8-11-17-23)20-14-6-4-2-1-3-5-7-15-21-28-26(27)31/h8-13,16-19H,1-7,14-15,20-22H2,(H,28,31)(H,29,30)/t27-/m0/s1. The smallest absolute Gasteiger partial charge is 0.252 e. The Morgan fingerprint density at radius 2 is 1.32 bits per heavy atom. The van der Waals surface area contributed by atoms with Crippen LogP contribution in [0.2, 0.25) is 0 Å². The average molecular weight is 421 g/mol. The van der Waals surface area contributed by atoms with Gasteiger partial charge in [-0.15, -0.1) is 0 Å². The number of benzene rings is 2. The van der Waals surface area contributed by atoms with Crippen molar-refractivity contribution in [2.75, 3.05) is 6.54 Å². The molecule has 3 rings (SSSR count). The van der Waals surface area contributed by atoms with E-state index in [4.69, 9.17) is 0 Å². The van der Waals surface area contributed by atoms with Gasteiger partial charge in [0.1, 0.15) is 5.54 Å². The molecule has 1 saturated heterocycles. The van der Waals surface area contributed by atoms with E-state index in [9.17, 15) is 9.59 Å². The van der Waals surface area contributed by atoms with Crippen LogP contribution in [0.25, 0.3) is 0 Å². The number of hydrogen-bond donors (Lipinski definition) is 2. The van der Waals surface area contributed by atoms with Crippen molar-refractivity contribution in [1.29, 1.82) is 0 Å². The maximum Gasteiger partial charge on any atom is 0.252 e. The predicted octanol–water partition coefficient (Wildman–Crippen LogP) is 5.43. The summed E-state index contributed by atoms with van der Waals surface area (Å²) < 4.78 is 0. The summed E-state index contributed by atoms with van der Waals surface area (Å²) in [6.07, 6.45) is 11.6. The van der Waals surface area contributed by atoms with E-state index < -0.39 is 5.54 Å². The number of carbonyl (C=O) groups excluding carboxylic acids is 2. The quantitative estimate of drug-likeness (QED) is 0.693. The normalized spacial score (nSPS) is 21.5. The van der Waals surface area contributed by atoms with Gasteiger partial charge in [0.05, 0.1) is 0 Å². The van der Waals surface area contributed by atoms with Gasteiger partial charge in [0.25, 0.3) is 5.91 Å². The van der Waals surface area contributed by atoms with Crippen LogP contribution in [0.15, 0.2) is 60.7 Å². The van der Waals surface area contributed by atoms with Crippen LogP contribution < -0.4 is 10.6 Å². The van der Waals surface area contributed by atoms with Gasteiger partial charge in [0.15, 0.2) is 0 Å². The molecule has 166 valence electrons. The van der Waals surface area contributed by atoms with Crippen molar-refractivity contribution in [2.24, 2.45) is 0 Å². The van der Waals surface area contributed by atoms with Crippen LogP contribution in [0, 0.1) is 0 Å². The Morgan fingerprint density at radius 1 is 0.774 bits per heavy atom. The van der Waals surface area contributed by atoms with Crippen LogP contribution in [0.4, 0.5) is 0 Å². The number of nitrogens with one attached hydrogen (secondary N) is 2. The van der Waals surface area contributed by atoms with Crippen LogP contribution >= 0.6 is 0 Å². The van der Waals surface area contributed by atoms with Crippen molar-refractivity contribution in [3.63, 3.8) is 0 Å². The number of rotatable bonds is 4. The van der Waals surface area contributed by atoms with Gasteiger partial charge in [-0.05, 0) is 30.5 Å². The summed E-state index contributed by atoms with van der Waals surface area (Å²) >= 11 is 0. The third kappa shape index (κ3) is 7.23. The van der Waals surface area contributed by atoms with E-state index >= 15 is 0 Å². The Bertz CT molecular complexity index is 807. The molecule has 1 fully saturated rings. The molecule has 2 N–H and O–H groups in total. The molecule has 0 aromatic heterocycles. The van der Waals surface area contributed by atoms with Crippen LogP contribution in [0.3, 0.4) is 0 Å². The van der Waals surface area contributed by atoms with Gasteiger partial charge in [0.2, 0.25) is 5.91 Å². The van der Waals surface area contributed by atoms with Gasteiger partial charge < -0.3 is 10.6 Å². The van der Waals surface area contributed by atoms with Crippen LogP contribution in [0.5, 0.6) is 0 Å². The van der Waals surface area contributed by atoms with Crippen molar-refractivity contribution in [3.8, 4) is 0 Å². The molecule has 1 aliphatic heterocycles. The maximum absolute atomic E-state index is 13.6. The monoisotopic (exact) mass is 420 g/mol. The minimum absolute atomic E-state index is 0.0577. The lowest BCUT2D eigenvalue weighted by Gasteiger charge is -2.34. The highest BCUT2D eigenvalue weighted by Gasteiger charge is 2.39. The average Bonchev–Trinajstić information content (AvgIpc) is 2.80. The van der Waals surface area contributed by atoms with Crippen molar-refractivity contribution in [3.05, 3.63) is 71.8 Å². The van der Waals surface area contributed by atoms with Crippen LogP contribution in [0.1, 0.15) is 80.1 Å². The van der Waals surface area contributed by atoms with Gasteiger partial charge in [-0.1, -0.05) is 99.9 Å². The predicted molar refractivity (Wildman–Crippen MR) is 126 cm³/mol. The molecule has 0 aliphatic carbocycles. The molecule has 2 aromatic rings. The van der Waals surface area contributed by atoms with Gasteiger partial charge >= 0.3 is 0 Å². The molecule has 4 heteroatoms. The second kappa shape index (κ2) is 12.3. The molecule has 1 aliphatic rings. The minimum Gasteiger partial charge on any atom is -0.354 e. The Balaban J connectivity index is 1.86. The fourth-order valence-corrected chi connectivity index (χ4v) is 4.43. The van der Waals surface area contributed by atoms with Crippen LogP contribution in [-0.2, 0) is 11.2 Å². The second-order valence-electron chi connectivity index (χ2n) is 8.75.